The van der Waals surface area contributed by atoms with Crippen molar-refractivity contribution in [1.29, 1.82) is 0 Å². The quantitative estimate of drug-likeness (QED) is 0.549. The van der Waals surface area contributed by atoms with Crippen LogP contribution < -0.4 is 0 Å². The van der Waals surface area contributed by atoms with E-state index in [0.29, 0.717) is 11.8 Å². The van der Waals surface area contributed by atoms with E-state index in [1.165, 1.54) is 5.01 Å². The van der Waals surface area contributed by atoms with E-state index in [1.54, 1.807) is 29.4 Å². The average Bonchev–Trinajstić information content (AvgIpc) is 3.25. The zero-order valence-corrected chi connectivity index (χ0v) is 16.0. The van der Waals surface area contributed by atoms with E-state index in [1.807, 2.05) is 12.1 Å². The van der Waals surface area contributed by atoms with Crippen molar-refractivity contribution in [3.63, 3.8) is 0 Å². The Balaban J connectivity index is 1.79. The molecular weight excluding hydrogens is 340 g/mol. The van der Waals surface area contributed by atoms with Gasteiger partial charge in [0.25, 0.3) is 0 Å². The Morgan fingerprint density at radius 2 is 2.08 bits per heavy atom. The van der Waals surface area contributed by atoms with Crippen LogP contribution in [0.1, 0.15) is 44.3 Å². The summed E-state index contributed by atoms with van der Waals surface area (Å²) >= 11 is 3.41. The van der Waals surface area contributed by atoms with E-state index in [-0.39, 0.29) is 0 Å². The van der Waals surface area contributed by atoms with Crippen LogP contribution in [0.2, 0.25) is 0 Å². The first-order valence-electron chi connectivity index (χ1n) is 8.08. The summed E-state index contributed by atoms with van der Waals surface area (Å²) in [6.07, 6.45) is 1.67. The molecule has 0 aliphatic carbocycles. The zero-order chi connectivity index (χ0) is 17.1. The first-order chi connectivity index (χ1) is 11.5. The summed E-state index contributed by atoms with van der Waals surface area (Å²) in [6.45, 7) is 9.58. The molecular formula is C17H22N4OS2. The average molecular weight is 363 g/mol. The van der Waals surface area contributed by atoms with Gasteiger partial charge in [-0.05, 0) is 18.1 Å². The van der Waals surface area contributed by atoms with E-state index < -0.39 is 0 Å². The van der Waals surface area contributed by atoms with Gasteiger partial charge in [-0.15, -0.1) is 21.5 Å². The summed E-state index contributed by atoms with van der Waals surface area (Å²) in [5, 5.41) is 12.9. The van der Waals surface area contributed by atoms with E-state index >= 15 is 0 Å². The van der Waals surface area contributed by atoms with Crippen molar-refractivity contribution in [3.8, 4) is 11.6 Å². The Bertz CT molecular complexity index is 774. The first kappa shape index (κ1) is 17.2. The molecule has 0 bridgehead atoms. The molecule has 128 valence electrons. The van der Waals surface area contributed by atoms with Crippen LogP contribution in [0.15, 0.2) is 33.3 Å². The number of aromatic nitrogens is 4. The molecule has 3 aromatic rings. The fourth-order valence-corrected chi connectivity index (χ4v) is 4.09. The van der Waals surface area contributed by atoms with Gasteiger partial charge < -0.3 is 4.42 Å². The van der Waals surface area contributed by atoms with Gasteiger partial charge >= 0.3 is 0 Å². The van der Waals surface area contributed by atoms with Gasteiger partial charge in [-0.3, -0.25) is 4.57 Å². The van der Waals surface area contributed by atoms with Crippen molar-refractivity contribution in [2.45, 2.75) is 51.1 Å². The summed E-state index contributed by atoms with van der Waals surface area (Å²) in [7, 11) is 0. The van der Waals surface area contributed by atoms with Crippen molar-refractivity contribution >= 4 is 23.1 Å². The second-order valence-electron chi connectivity index (χ2n) is 6.41. The zero-order valence-electron chi connectivity index (χ0n) is 14.4. The van der Waals surface area contributed by atoms with Crippen LogP contribution in [0.3, 0.4) is 0 Å². The first-order valence-corrected chi connectivity index (χ1v) is 9.95. The van der Waals surface area contributed by atoms with E-state index in [0.717, 1.165) is 34.7 Å². The number of thiazole rings is 1. The molecule has 24 heavy (non-hydrogen) atoms. The lowest BCUT2D eigenvalue weighted by Gasteiger charge is -2.11. The molecule has 0 amide bonds. The number of rotatable bonds is 7. The standard InChI is InChI=1S/C17H22N4OS2/c1-11(2)8-21-15(14-6-5-7-22-14)19-20-17(21)24-10-13-9-23-16(18-13)12(3)4/h5-7,9,11-12H,8,10H2,1-4H3. The fraction of sp³-hybridized carbons (Fsp3) is 0.471. The predicted molar refractivity (Wildman–Crippen MR) is 98.3 cm³/mol. The molecule has 3 heterocycles. The van der Waals surface area contributed by atoms with Crippen LogP contribution in [0, 0.1) is 5.92 Å². The summed E-state index contributed by atoms with van der Waals surface area (Å²) in [4.78, 5) is 4.69. The second-order valence-corrected chi connectivity index (χ2v) is 8.24. The number of furan rings is 1. The lowest BCUT2D eigenvalue weighted by Crippen LogP contribution is -2.07. The van der Waals surface area contributed by atoms with E-state index in [9.17, 15) is 0 Å². The predicted octanol–water partition coefficient (Wildman–Crippen LogP) is 5.07. The van der Waals surface area contributed by atoms with Crippen LogP contribution in [-0.4, -0.2) is 19.7 Å². The molecule has 0 saturated carbocycles. The Morgan fingerprint density at radius 1 is 1.25 bits per heavy atom. The van der Waals surface area contributed by atoms with Gasteiger partial charge in [-0.2, -0.15) is 0 Å². The molecule has 3 aromatic heterocycles. The third kappa shape index (κ3) is 3.89. The number of thioether (sulfide) groups is 1. The number of hydrogen-bond donors (Lipinski definition) is 0. The summed E-state index contributed by atoms with van der Waals surface area (Å²) in [5.41, 5.74) is 1.10. The minimum atomic E-state index is 0.476. The highest BCUT2D eigenvalue weighted by Crippen LogP contribution is 2.28. The summed E-state index contributed by atoms with van der Waals surface area (Å²) in [6, 6.07) is 3.80. The molecule has 0 saturated heterocycles. The molecule has 7 heteroatoms. The normalized spacial score (nSPS) is 11.8. The Hall–Kier alpha value is -1.60. The monoisotopic (exact) mass is 362 g/mol. The number of nitrogens with zero attached hydrogens (tertiary/aromatic N) is 4. The molecule has 0 fully saturated rings. The Labute approximate surface area is 150 Å². The highest BCUT2D eigenvalue weighted by atomic mass is 32.2. The van der Waals surface area contributed by atoms with Crippen LogP contribution in [0.4, 0.5) is 0 Å². The summed E-state index contributed by atoms with van der Waals surface area (Å²) < 4.78 is 7.65. The van der Waals surface area contributed by atoms with Gasteiger partial charge in [-0.1, -0.05) is 39.5 Å². The molecule has 0 aliphatic rings. The maximum atomic E-state index is 5.50. The third-order valence-corrected chi connectivity index (χ3v) is 5.61. The van der Waals surface area contributed by atoms with Crippen LogP contribution in [-0.2, 0) is 12.3 Å². The molecule has 3 rings (SSSR count). The largest absolute Gasteiger partial charge is 0.461 e. The van der Waals surface area contributed by atoms with Gasteiger partial charge in [0.1, 0.15) is 0 Å². The lowest BCUT2D eigenvalue weighted by atomic mass is 10.2. The summed E-state index contributed by atoms with van der Waals surface area (Å²) in [5.74, 6) is 3.32. The fourth-order valence-electron chi connectivity index (χ4n) is 2.31. The molecule has 0 radical (unpaired) electrons. The van der Waals surface area contributed by atoms with E-state index in [2.05, 4.69) is 47.8 Å². The molecule has 0 aliphatic heterocycles. The van der Waals surface area contributed by atoms with E-state index in [4.69, 9.17) is 9.40 Å². The van der Waals surface area contributed by atoms with Gasteiger partial charge in [0.05, 0.1) is 17.0 Å². The maximum absolute atomic E-state index is 5.50. The highest BCUT2D eigenvalue weighted by molar-refractivity contribution is 7.98. The van der Waals surface area contributed by atoms with Crippen molar-refractivity contribution in [1.82, 2.24) is 19.7 Å². The number of hydrogen-bond acceptors (Lipinski definition) is 6. The van der Waals surface area contributed by atoms with Crippen molar-refractivity contribution < 1.29 is 4.42 Å². The maximum Gasteiger partial charge on any atom is 0.200 e. The van der Waals surface area contributed by atoms with Crippen LogP contribution in [0.25, 0.3) is 11.6 Å². The molecule has 0 atom stereocenters. The SMILES string of the molecule is CC(C)Cn1c(SCc2csc(C(C)C)n2)nnc1-c1ccco1. The topological polar surface area (TPSA) is 56.7 Å². The van der Waals surface area contributed by atoms with Crippen molar-refractivity contribution in [2.75, 3.05) is 0 Å². The minimum Gasteiger partial charge on any atom is -0.461 e. The Morgan fingerprint density at radius 3 is 2.71 bits per heavy atom. The van der Waals surface area contributed by atoms with Crippen molar-refractivity contribution in [2.24, 2.45) is 5.92 Å². The lowest BCUT2D eigenvalue weighted by molar-refractivity contribution is 0.489. The molecule has 5 nitrogen and oxygen atoms in total. The molecule has 0 spiro atoms. The van der Waals surface area contributed by atoms with Crippen LogP contribution >= 0.6 is 23.1 Å². The van der Waals surface area contributed by atoms with Gasteiger partial charge in [0, 0.05) is 23.6 Å². The molecule has 0 aromatic carbocycles. The van der Waals surface area contributed by atoms with Crippen molar-refractivity contribution in [3.05, 3.63) is 34.5 Å². The minimum absolute atomic E-state index is 0.476. The van der Waals surface area contributed by atoms with Gasteiger partial charge in [0.15, 0.2) is 16.7 Å². The second kappa shape index (κ2) is 7.53. The van der Waals surface area contributed by atoms with Crippen LogP contribution in [0.5, 0.6) is 0 Å². The third-order valence-electron chi connectivity index (χ3n) is 3.42. The molecule has 0 N–H and O–H groups in total. The van der Waals surface area contributed by atoms with Gasteiger partial charge in [0.2, 0.25) is 0 Å². The smallest absolute Gasteiger partial charge is 0.200 e. The molecule has 0 unspecified atom stereocenters. The van der Waals surface area contributed by atoms with Gasteiger partial charge in [-0.25, -0.2) is 4.98 Å². The highest BCUT2D eigenvalue weighted by Gasteiger charge is 2.17. The Kier molecular flexibility index (Phi) is 5.40.